The van der Waals surface area contributed by atoms with Crippen LogP contribution in [-0.2, 0) is 26.9 Å². The molecule has 2 bridgehead atoms. The molecule has 0 radical (unpaired) electrons. The number of piperidine rings is 1. The van der Waals surface area contributed by atoms with E-state index in [1.54, 1.807) is 18.5 Å². The molecule has 11 nitrogen and oxygen atoms in total. The van der Waals surface area contributed by atoms with E-state index in [0.717, 1.165) is 29.8 Å². The number of nitrogens with zero attached hydrogens (tertiary/aromatic N) is 5. The highest BCUT2D eigenvalue weighted by Crippen LogP contribution is 2.51. The lowest BCUT2D eigenvalue weighted by Gasteiger charge is -2.39. The zero-order chi connectivity index (χ0) is 36.2. The minimum atomic E-state index is -3.83. The summed E-state index contributed by atoms with van der Waals surface area (Å²) in [6.45, 7) is 14.2. The van der Waals surface area contributed by atoms with E-state index in [2.05, 4.69) is 49.5 Å². The minimum Gasteiger partial charge on any atom is -0.465 e. The molecule has 2 N–H and O–H groups in total. The molecule has 2 saturated heterocycles. The van der Waals surface area contributed by atoms with Gasteiger partial charge < -0.3 is 29.4 Å². The fourth-order valence-electron chi connectivity index (χ4n) is 7.19. The number of aromatic nitrogens is 3. The standard InChI is InChI=1S/C34H47ClF2N6O5Si2/c1-49(2,3)13-11-47-19-41-18-25(30-31(41)40-27(17-38-30)43-22-7-8-23(43)16-21(15-22)39-33(45)46)24-9-10-26-28(29(24)35)34(36,37)32(44)42(26)20-48-12-14-50(4,5)6/h9-10,17-18,21-23,39H,7-8,11-16,19-20H2,1-6H3,(H,45,46)/t21?,22-,23+. The summed E-state index contributed by atoms with van der Waals surface area (Å²) >= 11 is 6.83. The number of fused-ring (bicyclic) bond motifs is 4. The van der Waals surface area contributed by atoms with E-state index in [9.17, 15) is 14.7 Å². The van der Waals surface area contributed by atoms with Gasteiger partial charge in [0.05, 0.1) is 22.5 Å². The van der Waals surface area contributed by atoms with Crippen molar-refractivity contribution in [3.05, 3.63) is 35.1 Å². The van der Waals surface area contributed by atoms with E-state index in [1.807, 2.05) is 4.57 Å². The molecule has 1 aromatic carbocycles. The topological polar surface area (TPSA) is 122 Å². The number of rotatable bonds is 13. The molecule has 2 aromatic heterocycles. The third kappa shape index (κ3) is 7.43. The first-order valence-electron chi connectivity index (χ1n) is 17.3. The number of hydrogen-bond donors (Lipinski definition) is 2. The molecular weight excluding hydrogens is 702 g/mol. The van der Waals surface area contributed by atoms with Gasteiger partial charge in [0, 0.05) is 64.8 Å². The third-order valence-corrected chi connectivity index (χ3v) is 13.7. The Kier molecular flexibility index (Phi) is 10.1. The minimum absolute atomic E-state index is 0.0322. The Labute approximate surface area is 298 Å². The molecule has 6 rings (SSSR count). The Hall–Kier alpha value is -3.12. The maximum absolute atomic E-state index is 15.7. The van der Waals surface area contributed by atoms with Gasteiger partial charge in [-0.05, 0) is 43.8 Å². The van der Waals surface area contributed by atoms with E-state index in [1.165, 1.54) is 6.07 Å². The molecule has 272 valence electrons. The summed E-state index contributed by atoms with van der Waals surface area (Å²) in [6.07, 6.45) is 5.64. The van der Waals surface area contributed by atoms with Gasteiger partial charge in [0.1, 0.15) is 24.8 Å². The summed E-state index contributed by atoms with van der Waals surface area (Å²) in [5.41, 5.74) is 1.30. The van der Waals surface area contributed by atoms with Crippen LogP contribution in [0.15, 0.2) is 24.5 Å². The van der Waals surface area contributed by atoms with E-state index in [4.69, 9.17) is 31.0 Å². The maximum atomic E-state index is 15.7. The summed E-state index contributed by atoms with van der Waals surface area (Å²) in [5.74, 6) is -4.52. The Morgan fingerprint density at radius 1 is 1.02 bits per heavy atom. The Balaban J connectivity index is 1.34. The zero-order valence-electron chi connectivity index (χ0n) is 29.6. The van der Waals surface area contributed by atoms with Crippen LogP contribution in [0.3, 0.4) is 0 Å². The fourth-order valence-corrected chi connectivity index (χ4v) is 9.08. The van der Waals surface area contributed by atoms with Gasteiger partial charge in [0.15, 0.2) is 5.65 Å². The molecule has 0 spiro atoms. The molecular formula is C34H47ClF2N6O5Si2. The second-order valence-corrected chi connectivity index (χ2v) is 27.8. The van der Waals surface area contributed by atoms with Crippen LogP contribution in [0.1, 0.15) is 31.2 Å². The SMILES string of the molecule is C[Si](C)(C)CCOCN1C(=O)C(F)(F)c2c1ccc(-c1cn(COCC[Si](C)(C)C)c3nc(N4[C@@H]5CC[C@H]4CC(NC(=O)O)C5)cnc13)c2Cl. The molecule has 2 fully saturated rings. The predicted octanol–water partition coefficient (Wildman–Crippen LogP) is 7.58. The van der Waals surface area contributed by atoms with Crippen LogP contribution < -0.4 is 15.1 Å². The monoisotopic (exact) mass is 748 g/mol. The number of benzene rings is 1. The van der Waals surface area contributed by atoms with Crippen LogP contribution in [0.4, 0.5) is 25.1 Å². The van der Waals surface area contributed by atoms with Crippen molar-refractivity contribution in [1.29, 1.82) is 0 Å². The Morgan fingerprint density at radius 3 is 2.24 bits per heavy atom. The van der Waals surface area contributed by atoms with Gasteiger partial charge in [-0.25, -0.2) is 14.8 Å². The Bertz CT molecular complexity index is 1770. The second-order valence-electron chi connectivity index (χ2n) is 16.1. The molecule has 3 aromatic rings. The average Bonchev–Trinajstić information content (AvgIpc) is 3.57. The number of hydrogen-bond acceptors (Lipinski definition) is 7. The zero-order valence-corrected chi connectivity index (χ0v) is 32.3. The molecule has 16 heteroatoms. The summed E-state index contributed by atoms with van der Waals surface area (Å²) in [7, 11) is -2.77. The number of nitrogens with one attached hydrogen (secondary N) is 1. The number of carbonyl (C=O) groups is 2. The van der Waals surface area contributed by atoms with Crippen molar-refractivity contribution in [2.75, 3.05) is 29.7 Å². The highest BCUT2D eigenvalue weighted by molar-refractivity contribution is 6.76. The molecule has 0 aliphatic carbocycles. The van der Waals surface area contributed by atoms with Crippen LogP contribution in [0.2, 0.25) is 56.4 Å². The molecule has 3 atom stereocenters. The summed E-state index contributed by atoms with van der Waals surface area (Å²) in [6, 6.07) is 5.06. The van der Waals surface area contributed by atoms with Gasteiger partial charge in [-0.3, -0.25) is 9.69 Å². The number of carboxylic acid groups (broad SMARTS) is 1. The first-order chi connectivity index (χ1) is 23.4. The van der Waals surface area contributed by atoms with E-state index in [-0.39, 0.29) is 42.3 Å². The summed E-state index contributed by atoms with van der Waals surface area (Å²) in [5, 5.41) is 11.7. The maximum Gasteiger partial charge on any atom is 0.404 e. The number of alkyl halides is 2. The molecule has 1 unspecified atom stereocenters. The highest BCUT2D eigenvalue weighted by Gasteiger charge is 2.55. The summed E-state index contributed by atoms with van der Waals surface area (Å²) in [4.78, 5) is 37.4. The van der Waals surface area contributed by atoms with E-state index < -0.39 is 39.6 Å². The van der Waals surface area contributed by atoms with Gasteiger partial charge in [-0.15, -0.1) is 0 Å². The second kappa shape index (κ2) is 13.8. The Morgan fingerprint density at radius 2 is 1.64 bits per heavy atom. The van der Waals surface area contributed by atoms with Crippen LogP contribution >= 0.6 is 11.6 Å². The molecule has 3 aliphatic rings. The van der Waals surface area contributed by atoms with Gasteiger partial charge in [0.25, 0.3) is 0 Å². The summed E-state index contributed by atoms with van der Waals surface area (Å²) < 4.78 is 45.0. The van der Waals surface area contributed by atoms with Crippen LogP contribution in [-0.4, -0.2) is 85.9 Å². The van der Waals surface area contributed by atoms with Crippen LogP contribution in [0.25, 0.3) is 22.3 Å². The highest BCUT2D eigenvalue weighted by atomic mass is 35.5. The molecule has 3 aliphatic heterocycles. The molecule has 2 amide bonds. The van der Waals surface area contributed by atoms with Gasteiger partial charge in [-0.2, -0.15) is 8.78 Å². The van der Waals surface area contributed by atoms with Crippen molar-refractivity contribution in [3.8, 4) is 11.1 Å². The predicted molar refractivity (Wildman–Crippen MR) is 196 cm³/mol. The van der Waals surface area contributed by atoms with Gasteiger partial charge >= 0.3 is 17.9 Å². The van der Waals surface area contributed by atoms with Crippen molar-refractivity contribution >= 4 is 62.4 Å². The van der Waals surface area contributed by atoms with Crippen LogP contribution in [0, 0.1) is 0 Å². The van der Waals surface area contributed by atoms with Crippen molar-refractivity contribution in [1.82, 2.24) is 19.9 Å². The van der Waals surface area contributed by atoms with Crippen molar-refractivity contribution in [2.45, 2.75) is 108 Å². The number of amides is 2. The van der Waals surface area contributed by atoms with Crippen LogP contribution in [0.5, 0.6) is 0 Å². The largest absolute Gasteiger partial charge is 0.465 e. The third-order valence-electron chi connectivity index (χ3n) is 9.85. The molecule has 5 heterocycles. The smallest absolute Gasteiger partial charge is 0.404 e. The molecule has 50 heavy (non-hydrogen) atoms. The lowest BCUT2D eigenvalue weighted by Crippen LogP contribution is -2.50. The first-order valence-corrected chi connectivity index (χ1v) is 25.1. The van der Waals surface area contributed by atoms with Crippen molar-refractivity contribution in [2.24, 2.45) is 0 Å². The lowest BCUT2D eigenvalue weighted by molar-refractivity contribution is -0.142. The quantitative estimate of drug-likeness (QED) is 0.136. The van der Waals surface area contributed by atoms with Crippen molar-refractivity contribution in [3.63, 3.8) is 0 Å². The number of carbonyl (C=O) groups excluding carboxylic acids is 1. The lowest BCUT2D eigenvalue weighted by atomic mass is 9.97. The van der Waals surface area contributed by atoms with Crippen molar-refractivity contribution < 1.29 is 33.0 Å². The first kappa shape index (κ1) is 36.7. The fraction of sp³-hybridized carbons (Fsp3) is 0.588. The molecule has 0 saturated carbocycles. The normalized spacial score (nSPS) is 21.7. The van der Waals surface area contributed by atoms with Gasteiger partial charge in [-0.1, -0.05) is 56.9 Å². The number of halogens is 3. The number of ether oxygens (including phenoxy) is 2. The van der Waals surface area contributed by atoms with E-state index >= 15 is 8.78 Å². The number of anilines is 2. The average molecular weight is 749 g/mol. The van der Waals surface area contributed by atoms with E-state index in [0.29, 0.717) is 54.2 Å². The van der Waals surface area contributed by atoms with Gasteiger partial charge in [0.2, 0.25) is 0 Å².